The molecule has 7 nitrogen and oxygen atoms in total. The van der Waals surface area contributed by atoms with Crippen LogP contribution in [0.5, 0.6) is 0 Å². The molecular weight excluding hydrogens is 412 g/mol. The molecule has 29 heavy (non-hydrogen) atoms. The van der Waals surface area contributed by atoms with Gasteiger partial charge < -0.3 is 5.32 Å². The smallest absolute Gasteiger partial charge is 0.270 e. The average Bonchev–Trinajstić information content (AvgIpc) is 3.09. The van der Waals surface area contributed by atoms with Crippen LogP contribution in [0.25, 0.3) is 10.9 Å². The van der Waals surface area contributed by atoms with Gasteiger partial charge in [-0.3, -0.25) is 9.48 Å². The van der Waals surface area contributed by atoms with E-state index in [4.69, 9.17) is 11.6 Å². The lowest BCUT2D eigenvalue weighted by Crippen LogP contribution is -2.34. The van der Waals surface area contributed by atoms with Crippen LogP contribution in [0.3, 0.4) is 0 Å². The summed E-state index contributed by atoms with van der Waals surface area (Å²) in [5, 5.41) is 8.68. The van der Waals surface area contributed by atoms with E-state index in [0.29, 0.717) is 11.4 Å². The molecule has 0 bridgehead atoms. The molecule has 0 spiro atoms. The molecule has 3 aromatic rings. The first-order chi connectivity index (χ1) is 13.7. The minimum atomic E-state index is -3.07. The molecule has 0 aliphatic heterocycles. The minimum absolute atomic E-state index is 0.0214. The van der Waals surface area contributed by atoms with Gasteiger partial charge in [-0.15, -0.1) is 0 Å². The van der Waals surface area contributed by atoms with Gasteiger partial charge in [0.1, 0.15) is 15.5 Å². The lowest BCUT2D eigenvalue weighted by molar-refractivity contribution is 0.0934. The number of carbonyl (C=O) groups excluding carboxylic acids is 1. The van der Waals surface area contributed by atoms with Crippen molar-refractivity contribution >= 4 is 38.2 Å². The zero-order valence-electron chi connectivity index (χ0n) is 16.5. The number of hydrogen-bond acceptors (Lipinski definition) is 5. The van der Waals surface area contributed by atoms with Crippen LogP contribution in [0, 0.1) is 0 Å². The second-order valence-electron chi connectivity index (χ2n) is 7.21. The molecule has 0 aliphatic carbocycles. The lowest BCUT2D eigenvalue weighted by atomic mass is 10.1. The number of sulfone groups is 1. The number of hydrogen-bond donors (Lipinski definition) is 1. The fraction of sp³-hybridized carbons (Fsp3) is 0.350. The first-order valence-corrected chi connectivity index (χ1v) is 11.7. The number of halogens is 1. The van der Waals surface area contributed by atoms with Crippen molar-refractivity contribution in [1.29, 1.82) is 0 Å². The second kappa shape index (κ2) is 8.51. The van der Waals surface area contributed by atoms with E-state index in [1.807, 2.05) is 35.9 Å². The van der Waals surface area contributed by atoms with Crippen LogP contribution in [0.2, 0.25) is 5.02 Å². The summed E-state index contributed by atoms with van der Waals surface area (Å²) in [6.07, 6.45) is 4.83. The Balaban J connectivity index is 1.78. The van der Waals surface area contributed by atoms with Crippen LogP contribution >= 0.6 is 11.6 Å². The highest BCUT2D eigenvalue weighted by molar-refractivity contribution is 7.90. The number of nitrogens with zero attached hydrogens (tertiary/aromatic N) is 3. The van der Waals surface area contributed by atoms with E-state index in [2.05, 4.69) is 15.4 Å². The summed E-state index contributed by atoms with van der Waals surface area (Å²) in [6, 6.07) is 8.89. The largest absolute Gasteiger partial charge is 0.348 e. The third-order valence-corrected chi connectivity index (χ3v) is 6.06. The normalized spacial score (nSPS) is 13.9. The molecule has 1 aromatic carbocycles. The predicted octanol–water partition coefficient (Wildman–Crippen LogP) is 3.25. The maximum Gasteiger partial charge on any atom is 0.270 e. The predicted molar refractivity (Wildman–Crippen MR) is 114 cm³/mol. The van der Waals surface area contributed by atoms with Crippen LogP contribution in [0.4, 0.5) is 0 Å². The van der Waals surface area contributed by atoms with Crippen LogP contribution < -0.4 is 5.32 Å². The minimum Gasteiger partial charge on any atom is -0.348 e. The molecule has 1 amide bonds. The maximum atomic E-state index is 12.5. The number of pyridine rings is 1. The van der Waals surface area contributed by atoms with Gasteiger partial charge in [-0.1, -0.05) is 29.8 Å². The summed E-state index contributed by atoms with van der Waals surface area (Å²) in [5.74, 6) is -0.326. The molecule has 1 N–H and O–H groups in total. The van der Waals surface area contributed by atoms with E-state index < -0.39 is 9.84 Å². The van der Waals surface area contributed by atoms with Crippen molar-refractivity contribution < 1.29 is 13.2 Å². The van der Waals surface area contributed by atoms with Crippen LogP contribution in [-0.2, 0) is 9.84 Å². The van der Waals surface area contributed by atoms with Crippen molar-refractivity contribution in [3.8, 4) is 0 Å². The molecular formula is C20H23ClN4O3S. The number of carbonyl (C=O) groups is 1. The number of nitrogens with one attached hydrogen (secondary N) is 1. The van der Waals surface area contributed by atoms with Crippen LogP contribution in [0.1, 0.15) is 42.4 Å². The van der Waals surface area contributed by atoms with Gasteiger partial charge in [0.25, 0.3) is 5.91 Å². The second-order valence-corrected chi connectivity index (χ2v) is 9.87. The van der Waals surface area contributed by atoms with Crippen molar-refractivity contribution in [3.63, 3.8) is 0 Å². The zero-order chi connectivity index (χ0) is 21.2. The Kier molecular flexibility index (Phi) is 6.24. The van der Waals surface area contributed by atoms with Crippen molar-refractivity contribution in [1.82, 2.24) is 20.1 Å². The fourth-order valence-electron chi connectivity index (χ4n) is 3.08. The van der Waals surface area contributed by atoms with E-state index in [1.54, 1.807) is 25.4 Å². The Morgan fingerprint density at radius 2 is 1.97 bits per heavy atom. The molecule has 2 atom stereocenters. The van der Waals surface area contributed by atoms with Gasteiger partial charge in [-0.05, 0) is 38.0 Å². The quantitative estimate of drug-likeness (QED) is 0.616. The van der Waals surface area contributed by atoms with Crippen LogP contribution in [0.15, 0.2) is 42.7 Å². The Morgan fingerprint density at radius 1 is 1.24 bits per heavy atom. The monoisotopic (exact) mass is 434 g/mol. The van der Waals surface area contributed by atoms with E-state index in [1.165, 1.54) is 6.26 Å². The first kappa shape index (κ1) is 21.3. The molecule has 0 saturated heterocycles. The Hall–Kier alpha value is -2.45. The molecule has 0 fully saturated rings. The van der Waals surface area contributed by atoms with Gasteiger partial charge in [0.2, 0.25) is 0 Å². The van der Waals surface area contributed by atoms with Crippen molar-refractivity contribution in [3.05, 3.63) is 59.0 Å². The topological polar surface area (TPSA) is 94.0 Å². The average molecular weight is 435 g/mol. The Morgan fingerprint density at radius 3 is 2.66 bits per heavy atom. The molecule has 154 valence electrons. The summed E-state index contributed by atoms with van der Waals surface area (Å²) in [6.45, 7) is 3.77. The van der Waals surface area contributed by atoms with Gasteiger partial charge >= 0.3 is 0 Å². The third-order valence-electron chi connectivity index (χ3n) is 4.74. The summed E-state index contributed by atoms with van der Waals surface area (Å²) in [5.41, 5.74) is 1.99. The van der Waals surface area contributed by atoms with E-state index in [-0.39, 0.29) is 29.4 Å². The molecule has 0 radical (unpaired) electrons. The molecule has 3 rings (SSSR count). The van der Waals surface area contributed by atoms with E-state index in [9.17, 15) is 13.2 Å². The summed E-state index contributed by atoms with van der Waals surface area (Å²) >= 11 is 6.31. The van der Waals surface area contributed by atoms with Crippen LogP contribution in [-0.4, -0.2) is 47.1 Å². The Labute approximate surface area is 175 Å². The van der Waals surface area contributed by atoms with Gasteiger partial charge in [0.05, 0.1) is 29.7 Å². The molecule has 2 heterocycles. The third kappa shape index (κ3) is 5.13. The van der Waals surface area contributed by atoms with E-state index >= 15 is 0 Å². The van der Waals surface area contributed by atoms with Gasteiger partial charge in [0, 0.05) is 22.7 Å². The molecule has 0 aliphatic rings. The first-order valence-electron chi connectivity index (χ1n) is 9.22. The molecule has 2 aromatic heterocycles. The highest BCUT2D eigenvalue weighted by Gasteiger charge is 2.18. The summed E-state index contributed by atoms with van der Waals surface area (Å²) in [7, 11) is -3.07. The van der Waals surface area contributed by atoms with Gasteiger partial charge in [-0.2, -0.15) is 5.10 Å². The number of fused-ring (bicyclic) bond motifs is 1. The van der Waals surface area contributed by atoms with E-state index in [0.717, 1.165) is 16.5 Å². The zero-order valence-corrected chi connectivity index (χ0v) is 18.0. The summed E-state index contributed by atoms with van der Waals surface area (Å²) < 4.78 is 24.4. The van der Waals surface area contributed by atoms with Gasteiger partial charge in [0.15, 0.2) is 0 Å². The fourth-order valence-corrected chi connectivity index (χ4v) is 4.16. The Bertz CT molecular complexity index is 1140. The SMILES string of the molecule is C[C@H](CCS(C)(=O)=O)NC(=O)c1cc2cnn([C@H](C)c3ccccc3Cl)c2cn1. The standard InChI is InChI=1S/C20H23ClN4O3S/c1-13(8-9-29(3,27)28)24-20(26)18-10-15-11-23-25(19(15)12-22-18)14(2)16-6-4-5-7-17(16)21/h4-7,10-14H,8-9H2,1-3H3,(H,24,26)/t13-,14-/m1/s1. The summed E-state index contributed by atoms with van der Waals surface area (Å²) in [4.78, 5) is 16.7. The molecule has 9 heteroatoms. The highest BCUT2D eigenvalue weighted by Crippen LogP contribution is 2.28. The number of aromatic nitrogens is 3. The van der Waals surface area contributed by atoms with Crippen molar-refractivity contribution in [2.75, 3.05) is 12.0 Å². The number of amides is 1. The highest BCUT2D eigenvalue weighted by atomic mass is 35.5. The lowest BCUT2D eigenvalue weighted by Gasteiger charge is -2.15. The molecule has 0 unspecified atom stereocenters. The molecule has 0 saturated carbocycles. The maximum absolute atomic E-state index is 12.5. The van der Waals surface area contributed by atoms with Crippen molar-refractivity contribution in [2.45, 2.75) is 32.4 Å². The van der Waals surface area contributed by atoms with Gasteiger partial charge in [-0.25, -0.2) is 13.4 Å². The van der Waals surface area contributed by atoms with Crippen molar-refractivity contribution in [2.24, 2.45) is 0 Å². The number of rotatable bonds is 7. The number of benzene rings is 1.